The van der Waals surface area contributed by atoms with Crippen molar-refractivity contribution in [2.45, 2.75) is 44.4 Å². The lowest BCUT2D eigenvalue weighted by molar-refractivity contribution is 0.194. The first kappa shape index (κ1) is 16.2. The van der Waals surface area contributed by atoms with Crippen molar-refractivity contribution in [3.8, 4) is 0 Å². The van der Waals surface area contributed by atoms with Gasteiger partial charge in [0.1, 0.15) is 12.2 Å². The average molecular weight is 312 g/mol. The van der Waals surface area contributed by atoms with Crippen molar-refractivity contribution in [1.29, 1.82) is 0 Å². The first-order valence-corrected chi connectivity index (χ1v) is 8.89. The molecule has 4 heteroatoms. The van der Waals surface area contributed by atoms with Crippen LogP contribution in [0, 0.1) is 0 Å². The molecule has 0 spiro atoms. The van der Waals surface area contributed by atoms with E-state index in [1.54, 1.807) is 0 Å². The van der Waals surface area contributed by atoms with Crippen molar-refractivity contribution in [1.82, 2.24) is 19.7 Å². The van der Waals surface area contributed by atoms with E-state index in [1.807, 2.05) is 13.4 Å². The van der Waals surface area contributed by atoms with Gasteiger partial charge in [-0.3, -0.25) is 0 Å². The van der Waals surface area contributed by atoms with E-state index in [9.17, 15) is 0 Å². The van der Waals surface area contributed by atoms with Crippen LogP contribution in [0.2, 0.25) is 0 Å². The summed E-state index contributed by atoms with van der Waals surface area (Å²) in [6.07, 6.45) is 6.72. The van der Waals surface area contributed by atoms with Crippen LogP contribution in [0.15, 0.2) is 36.7 Å². The molecule has 124 valence electrons. The Morgan fingerprint density at radius 3 is 2.52 bits per heavy atom. The largest absolute Gasteiger partial charge is 0.320 e. The van der Waals surface area contributed by atoms with E-state index < -0.39 is 0 Å². The SMILES string of the molecule is CCCC(CN1CCC(c2nncn2C)CC1)c1ccccc1. The highest BCUT2D eigenvalue weighted by atomic mass is 15.3. The zero-order chi connectivity index (χ0) is 16.1. The van der Waals surface area contributed by atoms with Crippen molar-refractivity contribution < 1.29 is 0 Å². The Morgan fingerprint density at radius 2 is 1.91 bits per heavy atom. The van der Waals surface area contributed by atoms with Crippen molar-refractivity contribution >= 4 is 0 Å². The van der Waals surface area contributed by atoms with Gasteiger partial charge in [0.15, 0.2) is 0 Å². The van der Waals surface area contributed by atoms with E-state index in [2.05, 4.69) is 56.9 Å². The number of hydrogen-bond acceptors (Lipinski definition) is 3. The highest BCUT2D eigenvalue weighted by Gasteiger charge is 2.25. The molecule has 1 aliphatic rings. The van der Waals surface area contributed by atoms with Gasteiger partial charge in [0, 0.05) is 19.5 Å². The average Bonchev–Trinajstić information content (AvgIpc) is 3.02. The van der Waals surface area contributed by atoms with E-state index >= 15 is 0 Å². The Balaban J connectivity index is 1.57. The van der Waals surface area contributed by atoms with E-state index in [1.165, 1.54) is 50.9 Å². The van der Waals surface area contributed by atoms with Gasteiger partial charge >= 0.3 is 0 Å². The number of likely N-dealkylation sites (tertiary alicyclic amines) is 1. The zero-order valence-electron chi connectivity index (χ0n) is 14.4. The summed E-state index contributed by atoms with van der Waals surface area (Å²) in [4.78, 5) is 2.64. The Hall–Kier alpha value is -1.68. The van der Waals surface area contributed by atoms with Crippen LogP contribution in [0.1, 0.15) is 55.8 Å². The van der Waals surface area contributed by atoms with Crippen molar-refractivity contribution in [2.24, 2.45) is 7.05 Å². The molecule has 1 saturated heterocycles. The van der Waals surface area contributed by atoms with Crippen LogP contribution in [0.3, 0.4) is 0 Å². The molecule has 0 amide bonds. The molecule has 0 saturated carbocycles. The third-order valence-corrected chi connectivity index (χ3v) is 5.09. The van der Waals surface area contributed by atoms with Gasteiger partial charge in [0.05, 0.1) is 0 Å². The molecule has 4 nitrogen and oxygen atoms in total. The molecule has 1 aromatic carbocycles. The molecule has 1 atom stereocenters. The summed E-state index contributed by atoms with van der Waals surface area (Å²) < 4.78 is 2.07. The smallest absolute Gasteiger partial charge is 0.135 e. The Bertz CT molecular complexity index is 584. The van der Waals surface area contributed by atoms with Crippen LogP contribution in [0.5, 0.6) is 0 Å². The number of hydrogen-bond donors (Lipinski definition) is 0. The highest BCUT2D eigenvalue weighted by molar-refractivity contribution is 5.20. The maximum absolute atomic E-state index is 4.30. The summed E-state index contributed by atoms with van der Waals surface area (Å²) in [5, 5.41) is 8.32. The standard InChI is InChI=1S/C19H28N4/c1-3-7-18(16-8-5-4-6-9-16)14-23-12-10-17(11-13-23)19-21-20-15-22(19)2/h4-6,8-9,15,17-18H,3,7,10-14H2,1-2H3. The fourth-order valence-electron chi connectivity index (χ4n) is 3.78. The predicted octanol–water partition coefficient (Wildman–Crippen LogP) is 3.58. The quantitative estimate of drug-likeness (QED) is 0.817. The van der Waals surface area contributed by atoms with Gasteiger partial charge in [-0.05, 0) is 43.8 Å². The predicted molar refractivity (Wildman–Crippen MR) is 93.5 cm³/mol. The minimum atomic E-state index is 0.570. The second kappa shape index (κ2) is 7.73. The van der Waals surface area contributed by atoms with Gasteiger partial charge in [-0.1, -0.05) is 43.7 Å². The summed E-state index contributed by atoms with van der Waals surface area (Å²) in [6.45, 7) is 5.81. The third kappa shape index (κ3) is 3.99. The van der Waals surface area contributed by atoms with Crippen molar-refractivity contribution in [3.05, 3.63) is 48.0 Å². The molecule has 1 aliphatic heterocycles. The molecular formula is C19H28N4. The van der Waals surface area contributed by atoms with Gasteiger partial charge in [-0.25, -0.2) is 0 Å². The molecule has 1 fully saturated rings. The molecule has 0 radical (unpaired) electrons. The van der Waals surface area contributed by atoms with Gasteiger partial charge in [-0.2, -0.15) is 0 Å². The van der Waals surface area contributed by atoms with Crippen LogP contribution in [0.25, 0.3) is 0 Å². The van der Waals surface area contributed by atoms with Crippen molar-refractivity contribution in [2.75, 3.05) is 19.6 Å². The molecule has 2 heterocycles. The van der Waals surface area contributed by atoms with Crippen LogP contribution in [-0.2, 0) is 7.05 Å². The van der Waals surface area contributed by atoms with Crippen LogP contribution < -0.4 is 0 Å². The molecule has 3 rings (SSSR count). The maximum Gasteiger partial charge on any atom is 0.135 e. The normalized spacial score (nSPS) is 18.2. The van der Waals surface area contributed by atoms with E-state index in [-0.39, 0.29) is 0 Å². The van der Waals surface area contributed by atoms with Crippen LogP contribution >= 0.6 is 0 Å². The number of benzene rings is 1. The highest BCUT2D eigenvalue weighted by Crippen LogP contribution is 2.29. The number of aryl methyl sites for hydroxylation is 1. The zero-order valence-corrected chi connectivity index (χ0v) is 14.4. The molecule has 1 unspecified atom stereocenters. The number of nitrogens with zero attached hydrogens (tertiary/aromatic N) is 4. The number of aromatic nitrogens is 3. The summed E-state index contributed by atoms with van der Waals surface area (Å²) in [7, 11) is 2.05. The number of rotatable bonds is 6. The second-order valence-electron chi connectivity index (χ2n) is 6.77. The topological polar surface area (TPSA) is 34.0 Å². The Morgan fingerprint density at radius 1 is 1.17 bits per heavy atom. The van der Waals surface area contributed by atoms with Gasteiger partial charge in [0.25, 0.3) is 0 Å². The second-order valence-corrected chi connectivity index (χ2v) is 6.77. The molecule has 0 aliphatic carbocycles. The summed E-state index contributed by atoms with van der Waals surface area (Å²) >= 11 is 0. The van der Waals surface area contributed by atoms with E-state index in [0.29, 0.717) is 11.8 Å². The molecule has 0 bridgehead atoms. The third-order valence-electron chi connectivity index (χ3n) is 5.09. The van der Waals surface area contributed by atoms with Gasteiger partial charge in [0.2, 0.25) is 0 Å². The van der Waals surface area contributed by atoms with Gasteiger partial charge < -0.3 is 9.47 Å². The fraction of sp³-hybridized carbons (Fsp3) is 0.579. The molecule has 2 aromatic rings. The lowest BCUT2D eigenvalue weighted by Gasteiger charge is -2.34. The summed E-state index contributed by atoms with van der Waals surface area (Å²) in [6, 6.07) is 11.0. The lowest BCUT2D eigenvalue weighted by atomic mass is 9.91. The monoisotopic (exact) mass is 312 g/mol. The van der Waals surface area contributed by atoms with Crippen molar-refractivity contribution in [3.63, 3.8) is 0 Å². The molecule has 1 aromatic heterocycles. The number of piperidine rings is 1. The molecule has 0 N–H and O–H groups in total. The minimum absolute atomic E-state index is 0.570. The Labute approximate surface area is 139 Å². The lowest BCUT2D eigenvalue weighted by Crippen LogP contribution is -2.36. The summed E-state index contributed by atoms with van der Waals surface area (Å²) in [5.74, 6) is 2.38. The Kier molecular flexibility index (Phi) is 5.44. The molecule has 23 heavy (non-hydrogen) atoms. The minimum Gasteiger partial charge on any atom is -0.320 e. The van der Waals surface area contributed by atoms with E-state index in [4.69, 9.17) is 0 Å². The van der Waals surface area contributed by atoms with Crippen LogP contribution in [0.4, 0.5) is 0 Å². The maximum atomic E-state index is 4.30. The molecular weight excluding hydrogens is 284 g/mol. The first-order valence-electron chi connectivity index (χ1n) is 8.89. The van der Waals surface area contributed by atoms with Gasteiger partial charge in [-0.15, -0.1) is 10.2 Å². The first-order chi connectivity index (χ1) is 11.3. The fourth-order valence-corrected chi connectivity index (χ4v) is 3.78. The summed E-state index contributed by atoms with van der Waals surface area (Å²) in [5.41, 5.74) is 1.49. The van der Waals surface area contributed by atoms with Crippen LogP contribution in [-0.4, -0.2) is 39.3 Å². The van der Waals surface area contributed by atoms with E-state index in [0.717, 1.165) is 5.82 Å².